The molecule has 0 rings (SSSR count). The predicted molar refractivity (Wildman–Crippen MR) is 75.7 cm³/mol. The van der Waals surface area contributed by atoms with E-state index in [1.54, 1.807) is 0 Å². The summed E-state index contributed by atoms with van der Waals surface area (Å²) < 4.78 is 0. The first-order valence-electron chi connectivity index (χ1n) is 7.71. The maximum absolute atomic E-state index is 3.87. The van der Waals surface area contributed by atoms with E-state index in [0.29, 0.717) is 0 Å². The quantitative estimate of drug-likeness (QED) is 0.323. The van der Waals surface area contributed by atoms with Crippen LogP contribution in [0, 0.1) is 6.92 Å². The maximum Gasteiger partial charge on any atom is -0.0533 e. The Hall–Kier alpha value is 0. The Kier molecular flexibility index (Phi) is 15.0. The Bertz CT molecular complexity index is 92.6. The normalized spacial score (nSPS) is 10.9. The second-order valence-corrected chi connectivity index (χ2v) is 5.10. The fourth-order valence-corrected chi connectivity index (χ4v) is 2.19. The Labute approximate surface area is 104 Å². The minimum atomic E-state index is 1.12. The third-order valence-electron chi connectivity index (χ3n) is 3.35. The van der Waals surface area contributed by atoms with E-state index in [0.717, 1.165) is 6.42 Å². The van der Waals surface area contributed by atoms with Crippen LogP contribution in [0.3, 0.4) is 0 Å². The molecule has 97 valence electrons. The van der Waals surface area contributed by atoms with Gasteiger partial charge in [0.25, 0.3) is 0 Å². The molecule has 0 bridgehead atoms. The van der Waals surface area contributed by atoms with Crippen molar-refractivity contribution in [2.75, 3.05) is 0 Å². The van der Waals surface area contributed by atoms with Crippen molar-refractivity contribution in [3.63, 3.8) is 0 Å². The highest BCUT2D eigenvalue weighted by Crippen LogP contribution is 2.12. The first-order chi connectivity index (χ1) is 7.91. The van der Waals surface area contributed by atoms with E-state index in [9.17, 15) is 0 Å². The van der Waals surface area contributed by atoms with Gasteiger partial charge in [0.2, 0.25) is 0 Å². The standard InChI is InChI=1S/C16H33/c1-3-5-7-9-11-13-15-16-14-12-10-8-6-4-2/h1,3-16H2,2H3. The Morgan fingerprint density at radius 2 is 0.812 bits per heavy atom. The molecule has 0 atom stereocenters. The zero-order valence-corrected chi connectivity index (χ0v) is 11.6. The largest absolute Gasteiger partial charge is 0.0654 e. The second-order valence-electron chi connectivity index (χ2n) is 5.10. The van der Waals surface area contributed by atoms with Crippen LogP contribution in [0.4, 0.5) is 0 Å². The zero-order valence-electron chi connectivity index (χ0n) is 11.6. The molecule has 0 heterocycles. The van der Waals surface area contributed by atoms with E-state index < -0.39 is 0 Å². The van der Waals surface area contributed by atoms with Crippen molar-refractivity contribution < 1.29 is 0 Å². The molecule has 0 amide bonds. The number of hydrogen-bond donors (Lipinski definition) is 0. The van der Waals surface area contributed by atoms with Gasteiger partial charge in [0, 0.05) is 0 Å². The predicted octanol–water partition coefficient (Wildman–Crippen LogP) is 6.30. The minimum absolute atomic E-state index is 1.12. The summed E-state index contributed by atoms with van der Waals surface area (Å²) in [5.74, 6) is 0. The molecule has 0 heteroatoms. The summed E-state index contributed by atoms with van der Waals surface area (Å²) in [6.07, 6.45) is 19.8. The Morgan fingerprint density at radius 3 is 1.12 bits per heavy atom. The fourth-order valence-electron chi connectivity index (χ4n) is 2.19. The lowest BCUT2D eigenvalue weighted by atomic mass is 10.0. The van der Waals surface area contributed by atoms with Crippen molar-refractivity contribution in [2.45, 2.75) is 96.8 Å². The van der Waals surface area contributed by atoms with Crippen molar-refractivity contribution in [3.8, 4) is 0 Å². The summed E-state index contributed by atoms with van der Waals surface area (Å²) in [7, 11) is 0. The SMILES string of the molecule is [CH2]CCCCCCCCCCCCCCC. The van der Waals surface area contributed by atoms with E-state index >= 15 is 0 Å². The summed E-state index contributed by atoms with van der Waals surface area (Å²) in [6.45, 7) is 6.16. The molecule has 0 saturated heterocycles. The third kappa shape index (κ3) is 14.0. The summed E-state index contributed by atoms with van der Waals surface area (Å²) in [4.78, 5) is 0. The minimum Gasteiger partial charge on any atom is -0.0654 e. The Balaban J connectivity index is 2.83. The summed E-state index contributed by atoms with van der Waals surface area (Å²) in [5.41, 5.74) is 0. The van der Waals surface area contributed by atoms with E-state index in [2.05, 4.69) is 13.8 Å². The van der Waals surface area contributed by atoms with Gasteiger partial charge in [-0.25, -0.2) is 0 Å². The average molecular weight is 225 g/mol. The van der Waals surface area contributed by atoms with Gasteiger partial charge in [-0.1, -0.05) is 104 Å². The van der Waals surface area contributed by atoms with Gasteiger partial charge in [-0.3, -0.25) is 0 Å². The molecule has 0 aliphatic rings. The lowest BCUT2D eigenvalue weighted by Crippen LogP contribution is -1.82. The zero-order chi connectivity index (χ0) is 11.9. The molecule has 0 aromatic rings. The van der Waals surface area contributed by atoms with Crippen LogP contribution >= 0.6 is 0 Å². The third-order valence-corrected chi connectivity index (χ3v) is 3.35. The highest BCUT2D eigenvalue weighted by atomic mass is 14.0. The highest BCUT2D eigenvalue weighted by molar-refractivity contribution is 4.49. The van der Waals surface area contributed by atoms with Gasteiger partial charge in [0.15, 0.2) is 0 Å². The van der Waals surface area contributed by atoms with Gasteiger partial charge in [0.05, 0.1) is 0 Å². The number of rotatable bonds is 13. The molecule has 0 N–H and O–H groups in total. The molecule has 0 aliphatic carbocycles. The van der Waals surface area contributed by atoms with Crippen LogP contribution in [0.25, 0.3) is 0 Å². The molecule has 0 nitrogen and oxygen atoms in total. The maximum atomic E-state index is 3.87. The van der Waals surface area contributed by atoms with Crippen LogP contribution < -0.4 is 0 Å². The topological polar surface area (TPSA) is 0 Å². The lowest BCUT2D eigenvalue weighted by molar-refractivity contribution is 0.540. The van der Waals surface area contributed by atoms with Crippen molar-refractivity contribution in [3.05, 3.63) is 6.92 Å². The van der Waals surface area contributed by atoms with Crippen LogP contribution in [0.1, 0.15) is 96.8 Å². The molecule has 0 unspecified atom stereocenters. The van der Waals surface area contributed by atoms with E-state index in [4.69, 9.17) is 0 Å². The molecular weight excluding hydrogens is 192 g/mol. The molecule has 0 aliphatic heterocycles. The fraction of sp³-hybridized carbons (Fsp3) is 0.938. The molecule has 0 spiro atoms. The first kappa shape index (κ1) is 16.0. The molecule has 0 saturated carbocycles. The van der Waals surface area contributed by atoms with Gasteiger partial charge in [-0.2, -0.15) is 0 Å². The van der Waals surface area contributed by atoms with Crippen molar-refractivity contribution >= 4 is 0 Å². The lowest BCUT2D eigenvalue weighted by Gasteiger charge is -2.02. The molecule has 0 aromatic carbocycles. The van der Waals surface area contributed by atoms with Crippen LogP contribution in [0.2, 0.25) is 0 Å². The van der Waals surface area contributed by atoms with E-state index in [1.165, 1.54) is 83.5 Å². The van der Waals surface area contributed by atoms with Gasteiger partial charge in [0.1, 0.15) is 0 Å². The number of unbranched alkanes of at least 4 members (excludes halogenated alkanes) is 13. The second kappa shape index (κ2) is 15.0. The van der Waals surface area contributed by atoms with Crippen molar-refractivity contribution in [2.24, 2.45) is 0 Å². The van der Waals surface area contributed by atoms with Gasteiger partial charge < -0.3 is 0 Å². The summed E-state index contributed by atoms with van der Waals surface area (Å²) in [5, 5.41) is 0. The monoisotopic (exact) mass is 225 g/mol. The first-order valence-corrected chi connectivity index (χ1v) is 7.71. The number of hydrogen-bond acceptors (Lipinski definition) is 0. The van der Waals surface area contributed by atoms with Crippen LogP contribution in [0.5, 0.6) is 0 Å². The van der Waals surface area contributed by atoms with Gasteiger partial charge >= 0.3 is 0 Å². The smallest absolute Gasteiger partial charge is 0.0533 e. The molecule has 0 fully saturated rings. The highest BCUT2D eigenvalue weighted by Gasteiger charge is 1.92. The van der Waals surface area contributed by atoms with Crippen molar-refractivity contribution in [1.29, 1.82) is 0 Å². The molecule has 0 aromatic heterocycles. The summed E-state index contributed by atoms with van der Waals surface area (Å²) in [6, 6.07) is 0. The average Bonchev–Trinajstić information content (AvgIpc) is 2.31. The van der Waals surface area contributed by atoms with Crippen LogP contribution in [-0.4, -0.2) is 0 Å². The van der Waals surface area contributed by atoms with Crippen molar-refractivity contribution in [1.82, 2.24) is 0 Å². The van der Waals surface area contributed by atoms with E-state index in [-0.39, 0.29) is 0 Å². The van der Waals surface area contributed by atoms with Crippen LogP contribution in [0.15, 0.2) is 0 Å². The molecule has 16 heavy (non-hydrogen) atoms. The molecule has 1 radical (unpaired) electrons. The summed E-state index contributed by atoms with van der Waals surface area (Å²) >= 11 is 0. The Morgan fingerprint density at radius 1 is 0.500 bits per heavy atom. The molecular formula is C16H33. The van der Waals surface area contributed by atoms with Gasteiger partial charge in [-0.05, 0) is 0 Å². The van der Waals surface area contributed by atoms with Gasteiger partial charge in [-0.15, -0.1) is 0 Å². The van der Waals surface area contributed by atoms with Crippen LogP contribution in [-0.2, 0) is 0 Å². The van der Waals surface area contributed by atoms with E-state index in [1.807, 2.05) is 0 Å².